The number of hydrogen-bond donors (Lipinski definition) is 3. The molecule has 2 aromatic carbocycles. The molecule has 1 amide bonds. The highest BCUT2D eigenvalue weighted by molar-refractivity contribution is 5.94. The normalized spacial score (nSPS) is 19.7. The Balaban J connectivity index is 1.73. The lowest BCUT2D eigenvalue weighted by molar-refractivity contribution is -1.02. The molecule has 0 saturated carbocycles. The summed E-state index contributed by atoms with van der Waals surface area (Å²) < 4.78 is 0. The summed E-state index contributed by atoms with van der Waals surface area (Å²) in [5.41, 5.74) is 2.76. The molecule has 1 saturated heterocycles. The summed E-state index contributed by atoms with van der Waals surface area (Å²) in [6, 6.07) is 14.4. The number of hydrogen-bond acceptors (Lipinski definition) is 4. The minimum atomic E-state index is -0.464. The number of piperazine rings is 1. The van der Waals surface area contributed by atoms with Gasteiger partial charge in [-0.3, -0.25) is 14.9 Å². The van der Waals surface area contributed by atoms with Crippen LogP contribution >= 0.6 is 0 Å². The SMILES string of the molecule is CN(C)c1ccc([C@@H](CNC(=O)c2ccc([N+](=O)[O-])cc2)[NH+]2CC[NH+](C)CC2)cc1. The van der Waals surface area contributed by atoms with Crippen molar-refractivity contribution in [3.8, 4) is 0 Å². The average molecular weight is 414 g/mol. The van der Waals surface area contributed by atoms with Crippen LogP contribution in [0.25, 0.3) is 0 Å². The summed E-state index contributed by atoms with van der Waals surface area (Å²) in [6.07, 6.45) is 0. The van der Waals surface area contributed by atoms with Gasteiger partial charge in [-0.15, -0.1) is 0 Å². The van der Waals surface area contributed by atoms with Crippen LogP contribution in [0, 0.1) is 10.1 Å². The summed E-state index contributed by atoms with van der Waals surface area (Å²) in [6.45, 7) is 4.85. The zero-order chi connectivity index (χ0) is 21.7. The maximum Gasteiger partial charge on any atom is 0.269 e. The number of anilines is 1. The lowest BCUT2D eigenvalue weighted by Crippen LogP contribution is -3.27. The number of non-ortho nitro benzene ring substituents is 1. The van der Waals surface area contributed by atoms with Crippen molar-refractivity contribution in [3.63, 3.8) is 0 Å². The maximum absolute atomic E-state index is 12.6. The van der Waals surface area contributed by atoms with E-state index in [1.165, 1.54) is 39.6 Å². The van der Waals surface area contributed by atoms with Gasteiger partial charge < -0.3 is 20.0 Å². The van der Waals surface area contributed by atoms with Crippen LogP contribution in [0.2, 0.25) is 0 Å². The Bertz CT molecular complexity index is 859. The number of amides is 1. The lowest BCUT2D eigenvalue weighted by atomic mass is 10.0. The molecule has 8 heteroatoms. The Kier molecular flexibility index (Phi) is 7.02. The van der Waals surface area contributed by atoms with Crippen molar-refractivity contribution < 1.29 is 19.5 Å². The number of nitrogens with one attached hydrogen (secondary N) is 3. The molecule has 3 N–H and O–H groups in total. The molecule has 0 radical (unpaired) electrons. The van der Waals surface area contributed by atoms with Gasteiger partial charge in [-0.2, -0.15) is 0 Å². The van der Waals surface area contributed by atoms with Crippen molar-refractivity contribution in [1.29, 1.82) is 0 Å². The summed E-state index contributed by atoms with van der Waals surface area (Å²) in [7, 11) is 6.25. The second kappa shape index (κ2) is 9.69. The van der Waals surface area contributed by atoms with Gasteiger partial charge in [0.25, 0.3) is 11.6 Å². The molecule has 1 atom stereocenters. The Morgan fingerprint density at radius 3 is 2.20 bits per heavy atom. The molecule has 30 heavy (non-hydrogen) atoms. The minimum Gasteiger partial charge on any atom is -0.378 e. The zero-order valence-electron chi connectivity index (χ0n) is 17.9. The van der Waals surface area contributed by atoms with Gasteiger partial charge in [0.2, 0.25) is 0 Å². The van der Waals surface area contributed by atoms with Crippen molar-refractivity contribution in [3.05, 3.63) is 69.8 Å². The molecule has 1 aliphatic rings. The van der Waals surface area contributed by atoms with Gasteiger partial charge in [-0.1, -0.05) is 12.1 Å². The quantitative estimate of drug-likeness (QED) is 0.424. The predicted octanol–water partition coefficient (Wildman–Crippen LogP) is -0.455. The van der Waals surface area contributed by atoms with Gasteiger partial charge in [0.15, 0.2) is 0 Å². The topological polar surface area (TPSA) is 84.4 Å². The molecule has 2 aromatic rings. The second-order valence-corrected chi connectivity index (χ2v) is 8.17. The number of quaternary nitrogens is 2. The van der Waals surface area contributed by atoms with Gasteiger partial charge in [0, 0.05) is 43.0 Å². The number of carbonyl (C=O) groups excluding carboxylic acids is 1. The second-order valence-electron chi connectivity index (χ2n) is 8.17. The fourth-order valence-corrected chi connectivity index (χ4v) is 3.88. The third-order valence-electron chi connectivity index (χ3n) is 5.86. The van der Waals surface area contributed by atoms with Crippen LogP contribution in [0.3, 0.4) is 0 Å². The fraction of sp³-hybridized carbons (Fsp3) is 0.409. The molecule has 0 unspecified atom stereocenters. The first-order valence-electron chi connectivity index (χ1n) is 10.3. The van der Waals surface area contributed by atoms with E-state index < -0.39 is 4.92 Å². The van der Waals surface area contributed by atoms with Gasteiger partial charge >= 0.3 is 0 Å². The van der Waals surface area contributed by atoms with E-state index in [1.54, 1.807) is 0 Å². The number of likely N-dealkylation sites (N-methyl/N-ethyl adjacent to an activating group) is 1. The first-order valence-corrected chi connectivity index (χ1v) is 10.3. The van der Waals surface area contributed by atoms with Crippen LogP contribution in [-0.2, 0) is 0 Å². The number of nitrogens with zero attached hydrogens (tertiary/aromatic N) is 2. The highest BCUT2D eigenvalue weighted by atomic mass is 16.6. The van der Waals surface area contributed by atoms with Crippen molar-refractivity contribution in [2.24, 2.45) is 0 Å². The predicted molar refractivity (Wildman–Crippen MR) is 116 cm³/mol. The molecular weight excluding hydrogens is 382 g/mol. The van der Waals surface area contributed by atoms with Crippen LogP contribution in [0.4, 0.5) is 11.4 Å². The Morgan fingerprint density at radius 2 is 1.67 bits per heavy atom. The summed E-state index contributed by atoms with van der Waals surface area (Å²) in [5, 5.41) is 13.9. The smallest absolute Gasteiger partial charge is 0.269 e. The number of rotatable bonds is 7. The van der Waals surface area contributed by atoms with Crippen LogP contribution in [0.15, 0.2) is 48.5 Å². The summed E-state index contributed by atoms with van der Waals surface area (Å²) in [5.74, 6) is -0.209. The Hall–Kier alpha value is -2.97. The van der Waals surface area contributed by atoms with E-state index >= 15 is 0 Å². The molecule has 1 aliphatic heterocycles. The van der Waals surface area contributed by atoms with E-state index in [1.807, 2.05) is 14.1 Å². The monoisotopic (exact) mass is 413 g/mol. The van der Waals surface area contributed by atoms with Crippen LogP contribution in [-0.4, -0.2) is 64.7 Å². The average Bonchev–Trinajstić information content (AvgIpc) is 2.75. The first-order chi connectivity index (χ1) is 14.3. The number of carbonyl (C=O) groups is 1. The fourth-order valence-electron chi connectivity index (χ4n) is 3.88. The molecule has 3 rings (SSSR count). The molecule has 0 bridgehead atoms. The molecule has 0 aliphatic carbocycles. The number of nitro benzene ring substituents is 1. The van der Waals surface area contributed by atoms with E-state index in [0.29, 0.717) is 12.1 Å². The van der Waals surface area contributed by atoms with E-state index in [9.17, 15) is 14.9 Å². The van der Waals surface area contributed by atoms with E-state index in [4.69, 9.17) is 0 Å². The highest BCUT2D eigenvalue weighted by Crippen LogP contribution is 2.17. The number of nitro groups is 1. The minimum absolute atomic E-state index is 0.0187. The Morgan fingerprint density at radius 1 is 1.07 bits per heavy atom. The Labute approximate surface area is 177 Å². The van der Waals surface area contributed by atoms with Gasteiger partial charge in [-0.25, -0.2) is 0 Å². The standard InChI is InChI=1S/C22H29N5O3/c1-24(2)19-8-4-17(5-9-19)21(26-14-12-25(3)13-15-26)16-23-22(28)18-6-10-20(11-7-18)27(29)30/h4-11,21H,12-16H2,1-3H3,(H,23,28)/p+2/t21-/m1/s1. The van der Waals surface area contributed by atoms with Crippen molar-refractivity contribution in [2.75, 3.05) is 58.8 Å². The number of benzene rings is 2. The summed E-state index contributed by atoms with van der Waals surface area (Å²) in [4.78, 5) is 28.1. The summed E-state index contributed by atoms with van der Waals surface area (Å²) >= 11 is 0. The maximum atomic E-state index is 12.6. The molecule has 0 aromatic heterocycles. The third-order valence-corrected chi connectivity index (χ3v) is 5.86. The van der Waals surface area contributed by atoms with Gasteiger partial charge in [0.05, 0.1) is 18.5 Å². The van der Waals surface area contributed by atoms with Crippen LogP contribution in [0.5, 0.6) is 0 Å². The van der Waals surface area contributed by atoms with Crippen molar-refractivity contribution >= 4 is 17.3 Å². The molecule has 1 heterocycles. The van der Waals surface area contributed by atoms with Gasteiger partial charge in [-0.05, 0) is 24.3 Å². The van der Waals surface area contributed by atoms with Crippen LogP contribution in [0.1, 0.15) is 22.0 Å². The van der Waals surface area contributed by atoms with Crippen LogP contribution < -0.4 is 20.0 Å². The molecule has 0 spiro atoms. The zero-order valence-corrected chi connectivity index (χ0v) is 17.9. The largest absolute Gasteiger partial charge is 0.378 e. The molecular formula is C22H31N5O3+2. The third kappa shape index (κ3) is 5.34. The first kappa shape index (κ1) is 21.7. The van der Waals surface area contributed by atoms with E-state index in [0.717, 1.165) is 31.9 Å². The van der Waals surface area contributed by atoms with E-state index in [-0.39, 0.29) is 17.6 Å². The molecule has 8 nitrogen and oxygen atoms in total. The lowest BCUT2D eigenvalue weighted by Gasteiger charge is -2.33. The van der Waals surface area contributed by atoms with Gasteiger partial charge in [0.1, 0.15) is 32.2 Å². The van der Waals surface area contributed by atoms with E-state index in [2.05, 4.69) is 41.5 Å². The highest BCUT2D eigenvalue weighted by Gasteiger charge is 2.29. The molecule has 160 valence electrons. The van der Waals surface area contributed by atoms with Crippen molar-refractivity contribution in [2.45, 2.75) is 6.04 Å². The van der Waals surface area contributed by atoms with Crippen molar-refractivity contribution in [1.82, 2.24) is 5.32 Å². The molecule has 1 fully saturated rings.